The van der Waals surface area contributed by atoms with E-state index in [1.54, 1.807) is 24.5 Å². The molecule has 0 aromatic carbocycles. The van der Waals surface area contributed by atoms with Gasteiger partial charge in [-0.2, -0.15) is 0 Å². The molecule has 0 N–H and O–H groups in total. The number of pyridine rings is 1. The number of ketones is 1. The Bertz CT molecular complexity index is 341. The molecule has 16 heavy (non-hydrogen) atoms. The zero-order valence-corrected chi connectivity index (χ0v) is 10.4. The molecule has 0 aliphatic heterocycles. The summed E-state index contributed by atoms with van der Waals surface area (Å²) in [5.41, 5.74) is 0.402. The van der Waals surface area contributed by atoms with Crippen LogP contribution in [0.5, 0.6) is 0 Å². The molecule has 1 aromatic rings. The van der Waals surface area contributed by atoms with Crippen molar-refractivity contribution in [2.75, 3.05) is 6.61 Å². The van der Waals surface area contributed by atoms with Crippen LogP contribution >= 0.6 is 0 Å². The minimum atomic E-state index is -0.415. The quantitative estimate of drug-likeness (QED) is 0.734. The van der Waals surface area contributed by atoms with E-state index < -0.39 is 6.10 Å². The summed E-state index contributed by atoms with van der Waals surface area (Å²) in [5.74, 6) is 0.00227. The molecule has 0 bridgehead atoms. The highest BCUT2D eigenvalue weighted by Gasteiger charge is 2.32. The van der Waals surface area contributed by atoms with Crippen molar-refractivity contribution < 1.29 is 9.53 Å². The number of Topliss-reactive ketones (excluding diaryl/α,β-unsaturated/α-hetero) is 1. The first-order valence-corrected chi connectivity index (χ1v) is 5.52. The molecule has 0 spiro atoms. The lowest BCUT2D eigenvalue weighted by Gasteiger charge is -2.29. The summed E-state index contributed by atoms with van der Waals surface area (Å²) < 4.78 is 5.55. The molecular formula is C13H19NO2. The number of aromatic nitrogens is 1. The van der Waals surface area contributed by atoms with Gasteiger partial charge in [-0.05, 0) is 24.5 Å². The van der Waals surface area contributed by atoms with E-state index in [0.29, 0.717) is 12.2 Å². The predicted octanol–water partition coefficient (Wildman–Crippen LogP) is 2.72. The average Bonchev–Trinajstić information content (AvgIpc) is 2.25. The Kier molecular flexibility index (Phi) is 4.19. The summed E-state index contributed by atoms with van der Waals surface area (Å²) in [7, 11) is 0. The molecule has 1 aromatic heterocycles. The summed E-state index contributed by atoms with van der Waals surface area (Å²) in [4.78, 5) is 16.2. The van der Waals surface area contributed by atoms with E-state index in [-0.39, 0.29) is 11.2 Å². The molecule has 0 saturated carbocycles. The Hall–Kier alpha value is -1.22. The smallest absolute Gasteiger partial charge is 0.193 e. The van der Waals surface area contributed by atoms with Gasteiger partial charge < -0.3 is 4.74 Å². The largest absolute Gasteiger partial charge is 0.370 e. The lowest BCUT2D eigenvalue weighted by molar-refractivity contribution is -0.000243. The van der Waals surface area contributed by atoms with Gasteiger partial charge in [0, 0.05) is 24.6 Å². The van der Waals surface area contributed by atoms with Gasteiger partial charge >= 0.3 is 0 Å². The van der Waals surface area contributed by atoms with E-state index in [2.05, 4.69) is 4.98 Å². The number of nitrogens with zero attached hydrogens (tertiary/aromatic N) is 1. The first-order chi connectivity index (χ1) is 7.46. The summed E-state index contributed by atoms with van der Waals surface area (Å²) in [5, 5.41) is 0. The van der Waals surface area contributed by atoms with Crippen LogP contribution in [0.2, 0.25) is 0 Å². The predicted molar refractivity (Wildman–Crippen MR) is 63.4 cm³/mol. The summed E-state index contributed by atoms with van der Waals surface area (Å²) in [6.07, 6.45) is 2.82. The second-order valence-electron chi connectivity index (χ2n) is 4.81. The first kappa shape index (κ1) is 12.8. The normalized spacial score (nSPS) is 13.5. The van der Waals surface area contributed by atoms with Gasteiger partial charge in [0.15, 0.2) is 5.78 Å². The Labute approximate surface area is 96.8 Å². The lowest BCUT2D eigenvalue weighted by Crippen LogP contribution is -2.37. The Balaban J connectivity index is 2.92. The van der Waals surface area contributed by atoms with Crippen LogP contribution in [0.3, 0.4) is 0 Å². The fraction of sp³-hybridized carbons (Fsp3) is 0.538. The molecule has 1 atom stereocenters. The first-order valence-electron chi connectivity index (χ1n) is 5.52. The molecule has 0 amide bonds. The highest BCUT2D eigenvalue weighted by atomic mass is 16.5. The summed E-state index contributed by atoms with van der Waals surface area (Å²) >= 11 is 0. The number of rotatable bonds is 4. The number of carbonyl (C=O) groups is 1. The van der Waals surface area contributed by atoms with Crippen LogP contribution in [0.1, 0.15) is 38.1 Å². The monoisotopic (exact) mass is 221 g/mol. The second-order valence-corrected chi connectivity index (χ2v) is 4.81. The second kappa shape index (κ2) is 5.21. The molecular weight excluding hydrogens is 202 g/mol. The van der Waals surface area contributed by atoms with Crippen molar-refractivity contribution in [3.8, 4) is 0 Å². The molecule has 0 aliphatic carbocycles. The third-order valence-electron chi connectivity index (χ3n) is 2.30. The maximum atomic E-state index is 12.2. The third kappa shape index (κ3) is 3.14. The molecule has 1 unspecified atom stereocenters. The van der Waals surface area contributed by atoms with Crippen LogP contribution in [0.25, 0.3) is 0 Å². The van der Waals surface area contributed by atoms with Gasteiger partial charge in [0.1, 0.15) is 6.10 Å². The van der Waals surface area contributed by atoms with E-state index >= 15 is 0 Å². The van der Waals surface area contributed by atoms with E-state index in [1.165, 1.54) is 0 Å². The maximum Gasteiger partial charge on any atom is 0.193 e. The van der Waals surface area contributed by atoms with Crippen molar-refractivity contribution in [2.24, 2.45) is 5.41 Å². The van der Waals surface area contributed by atoms with Gasteiger partial charge in [0.25, 0.3) is 0 Å². The highest BCUT2D eigenvalue weighted by molar-refractivity contribution is 5.99. The Morgan fingerprint density at radius 2 is 2.19 bits per heavy atom. The number of ether oxygens (including phenoxy) is 1. The molecule has 3 heteroatoms. The van der Waals surface area contributed by atoms with Crippen molar-refractivity contribution in [3.63, 3.8) is 0 Å². The fourth-order valence-corrected chi connectivity index (χ4v) is 1.55. The van der Waals surface area contributed by atoms with Crippen molar-refractivity contribution in [3.05, 3.63) is 30.1 Å². The molecule has 0 radical (unpaired) electrons. The molecule has 0 aliphatic rings. The molecule has 0 fully saturated rings. The average molecular weight is 221 g/mol. The highest BCUT2D eigenvalue weighted by Crippen LogP contribution is 2.25. The number of carbonyl (C=O) groups excluding carboxylic acids is 1. The van der Waals surface area contributed by atoms with Gasteiger partial charge in [-0.25, -0.2) is 0 Å². The number of hydrogen-bond acceptors (Lipinski definition) is 3. The lowest BCUT2D eigenvalue weighted by atomic mass is 9.84. The Morgan fingerprint density at radius 3 is 2.62 bits per heavy atom. The van der Waals surface area contributed by atoms with Crippen molar-refractivity contribution in [1.82, 2.24) is 4.98 Å². The zero-order valence-electron chi connectivity index (χ0n) is 10.4. The molecule has 1 heterocycles. The van der Waals surface area contributed by atoms with Crippen molar-refractivity contribution in [2.45, 2.75) is 33.8 Å². The minimum Gasteiger partial charge on any atom is -0.370 e. The third-order valence-corrected chi connectivity index (χ3v) is 2.30. The van der Waals surface area contributed by atoms with Crippen LogP contribution < -0.4 is 0 Å². The zero-order chi connectivity index (χ0) is 12.2. The van der Waals surface area contributed by atoms with E-state index in [4.69, 9.17) is 4.74 Å². The van der Waals surface area contributed by atoms with Gasteiger partial charge in [0.2, 0.25) is 0 Å². The standard InChI is InChI=1S/C13H19NO2/c1-5-16-12(13(2,3)4)11(15)10-7-6-8-14-9-10/h6-9,12H,5H2,1-4H3. The van der Waals surface area contributed by atoms with Crippen LogP contribution in [0.4, 0.5) is 0 Å². The van der Waals surface area contributed by atoms with Crippen LogP contribution in [-0.4, -0.2) is 23.5 Å². The van der Waals surface area contributed by atoms with E-state index in [9.17, 15) is 4.79 Å². The van der Waals surface area contributed by atoms with Crippen LogP contribution in [0.15, 0.2) is 24.5 Å². The van der Waals surface area contributed by atoms with Crippen molar-refractivity contribution in [1.29, 1.82) is 0 Å². The molecule has 88 valence electrons. The molecule has 0 saturated heterocycles. The topological polar surface area (TPSA) is 39.2 Å². The van der Waals surface area contributed by atoms with Gasteiger partial charge in [-0.1, -0.05) is 20.8 Å². The van der Waals surface area contributed by atoms with Gasteiger partial charge in [0.05, 0.1) is 0 Å². The van der Waals surface area contributed by atoms with Gasteiger partial charge in [-0.15, -0.1) is 0 Å². The summed E-state index contributed by atoms with van der Waals surface area (Å²) in [6.45, 7) is 8.44. The van der Waals surface area contributed by atoms with Gasteiger partial charge in [-0.3, -0.25) is 9.78 Å². The fourth-order valence-electron chi connectivity index (χ4n) is 1.55. The molecule has 3 nitrogen and oxygen atoms in total. The Morgan fingerprint density at radius 1 is 1.50 bits per heavy atom. The maximum absolute atomic E-state index is 12.2. The van der Waals surface area contributed by atoms with Crippen LogP contribution in [0, 0.1) is 5.41 Å². The number of hydrogen-bond donors (Lipinski definition) is 0. The SMILES string of the molecule is CCOC(C(=O)c1cccnc1)C(C)(C)C. The molecule has 1 rings (SSSR count). The minimum absolute atomic E-state index is 0.00227. The van der Waals surface area contributed by atoms with E-state index in [0.717, 1.165) is 0 Å². The van der Waals surface area contributed by atoms with Crippen LogP contribution in [-0.2, 0) is 4.74 Å². The van der Waals surface area contributed by atoms with Crippen molar-refractivity contribution >= 4 is 5.78 Å². The van der Waals surface area contributed by atoms with E-state index in [1.807, 2.05) is 27.7 Å². The summed E-state index contributed by atoms with van der Waals surface area (Å²) in [6, 6.07) is 3.53.